The first kappa shape index (κ1) is 20.9. The molecule has 9 nitrogen and oxygen atoms in total. The number of halogens is 2. The van der Waals surface area contributed by atoms with Gasteiger partial charge in [-0.1, -0.05) is 39.7 Å². The second-order valence-electron chi connectivity index (χ2n) is 6.71. The molecule has 0 atom stereocenters. The lowest BCUT2D eigenvalue weighted by atomic mass is 10.2. The maximum atomic E-state index is 12.6. The smallest absolute Gasteiger partial charge is 0.329 e. The van der Waals surface area contributed by atoms with E-state index < -0.39 is 11.2 Å². The highest BCUT2D eigenvalue weighted by Gasteiger charge is 2.17. The fourth-order valence-corrected chi connectivity index (χ4v) is 3.54. The molecule has 0 spiro atoms. The van der Waals surface area contributed by atoms with Crippen molar-refractivity contribution in [1.82, 2.24) is 19.1 Å². The number of aromatic hydroxyl groups is 1. The first-order valence-corrected chi connectivity index (χ1v) is 10.2. The molecule has 2 heterocycles. The third-order valence-corrected chi connectivity index (χ3v) is 5.36. The van der Waals surface area contributed by atoms with E-state index in [1.165, 1.54) is 23.9 Å². The lowest BCUT2D eigenvalue weighted by molar-refractivity contribution is 0.474. The summed E-state index contributed by atoms with van der Waals surface area (Å²) in [4.78, 5) is 31.2. The molecule has 0 fully saturated rings. The van der Waals surface area contributed by atoms with E-state index in [0.717, 1.165) is 10.0 Å². The molecule has 0 aliphatic heterocycles. The Morgan fingerprint density at radius 3 is 2.74 bits per heavy atom. The number of hydrazone groups is 1. The molecule has 0 radical (unpaired) electrons. The van der Waals surface area contributed by atoms with Gasteiger partial charge in [0.05, 0.1) is 12.8 Å². The zero-order valence-electron chi connectivity index (χ0n) is 16.1. The molecule has 0 aliphatic rings. The number of aromatic amines is 1. The number of anilines is 1. The predicted molar refractivity (Wildman–Crippen MR) is 123 cm³/mol. The van der Waals surface area contributed by atoms with Crippen molar-refractivity contribution in [1.29, 1.82) is 0 Å². The number of rotatable bonds is 5. The van der Waals surface area contributed by atoms with E-state index in [1.807, 2.05) is 12.1 Å². The highest BCUT2D eigenvalue weighted by atomic mass is 79.9. The van der Waals surface area contributed by atoms with Crippen LogP contribution in [0.3, 0.4) is 0 Å². The Balaban J connectivity index is 1.78. The summed E-state index contributed by atoms with van der Waals surface area (Å²) >= 11 is 9.31. The van der Waals surface area contributed by atoms with Crippen molar-refractivity contribution >= 4 is 50.9 Å². The van der Waals surface area contributed by atoms with Crippen LogP contribution >= 0.6 is 27.5 Å². The third kappa shape index (κ3) is 4.25. The van der Waals surface area contributed by atoms with Crippen LogP contribution in [-0.4, -0.2) is 30.4 Å². The van der Waals surface area contributed by atoms with Crippen LogP contribution in [0.5, 0.6) is 5.75 Å². The molecule has 158 valence electrons. The van der Waals surface area contributed by atoms with Crippen molar-refractivity contribution in [2.24, 2.45) is 12.1 Å². The molecule has 0 saturated heterocycles. The lowest BCUT2D eigenvalue weighted by Crippen LogP contribution is -2.29. The van der Waals surface area contributed by atoms with Crippen molar-refractivity contribution in [2.45, 2.75) is 6.54 Å². The highest BCUT2D eigenvalue weighted by molar-refractivity contribution is 9.10. The fraction of sp³-hybridized carbons (Fsp3) is 0.100. The monoisotopic (exact) mass is 502 g/mol. The van der Waals surface area contributed by atoms with Gasteiger partial charge < -0.3 is 5.11 Å². The molecule has 11 heteroatoms. The van der Waals surface area contributed by atoms with E-state index >= 15 is 0 Å². The van der Waals surface area contributed by atoms with Crippen molar-refractivity contribution in [3.63, 3.8) is 0 Å². The van der Waals surface area contributed by atoms with Gasteiger partial charge in [0.2, 0.25) is 5.95 Å². The van der Waals surface area contributed by atoms with Gasteiger partial charge in [0.25, 0.3) is 5.56 Å². The van der Waals surface area contributed by atoms with Gasteiger partial charge >= 0.3 is 5.69 Å². The average molecular weight is 504 g/mol. The Morgan fingerprint density at radius 1 is 1.26 bits per heavy atom. The summed E-state index contributed by atoms with van der Waals surface area (Å²) in [5.74, 6) is 0.310. The van der Waals surface area contributed by atoms with Crippen LogP contribution < -0.4 is 16.7 Å². The van der Waals surface area contributed by atoms with Crippen LogP contribution in [0.15, 0.2) is 61.6 Å². The molecule has 3 N–H and O–H groups in total. The molecular weight excluding hydrogens is 488 g/mol. The Morgan fingerprint density at radius 2 is 2.00 bits per heavy atom. The van der Waals surface area contributed by atoms with Crippen LogP contribution in [0.25, 0.3) is 11.2 Å². The zero-order valence-corrected chi connectivity index (χ0v) is 18.5. The summed E-state index contributed by atoms with van der Waals surface area (Å²) in [7, 11) is 1.52. The first-order chi connectivity index (χ1) is 14.8. The van der Waals surface area contributed by atoms with E-state index in [4.69, 9.17) is 11.6 Å². The highest BCUT2D eigenvalue weighted by Crippen LogP contribution is 2.21. The molecule has 0 amide bonds. The van der Waals surface area contributed by atoms with Gasteiger partial charge in [0, 0.05) is 22.1 Å². The molecule has 31 heavy (non-hydrogen) atoms. The molecule has 0 bridgehead atoms. The maximum Gasteiger partial charge on any atom is 0.329 e. The van der Waals surface area contributed by atoms with E-state index in [0.29, 0.717) is 10.6 Å². The Labute approximate surface area is 188 Å². The van der Waals surface area contributed by atoms with Gasteiger partial charge in [-0.05, 0) is 35.9 Å². The van der Waals surface area contributed by atoms with Crippen molar-refractivity contribution in [3.8, 4) is 5.75 Å². The largest absolute Gasteiger partial charge is 0.507 e. The standard InChI is InChI=1S/C20H16BrClN6O3/c1-27-17-16(18(30)25-20(27)31)28(10-11-2-5-14(22)6-3-11)19(24-17)26-23-9-12-8-13(21)4-7-15(12)29/h2-9,29H,10H2,1H3,(H,24,26)(H,25,30,31)/b23-9-. The number of phenols is 1. The molecule has 0 unspecified atom stereocenters. The molecule has 2 aromatic heterocycles. The Kier molecular flexibility index (Phi) is 5.66. The van der Waals surface area contributed by atoms with Crippen LogP contribution in [0.4, 0.5) is 5.95 Å². The van der Waals surface area contributed by atoms with Crippen molar-refractivity contribution in [3.05, 3.63) is 83.9 Å². The van der Waals surface area contributed by atoms with Crippen LogP contribution in [0.1, 0.15) is 11.1 Å². The van der Waals surface area contributed by atoms with Gasteiger partial charge in [-0.15, -0.1) is 0 Å². The normalized spacial score (nSPS) is 11.5. The minimum absolute atomic E-state index is 0.0576. The quantitative estimate of drug-likeness (QED) is 0.286. The zero-order chi connectivity index (χ0) is 22.1. The summed E-state index contributed by atoms with van der Waals surface area (Å²) in [5, 5.41) is 14.7. The number of phenolic OH excluding ortho intramolecular Hbond substituents is 1. The van der Waals surface area contributed by atoms with Crippen molar-refractivity contribution < 1.29 is 5.11 Å². The summed E-state index contributed by atoms with van der Waals surface area (Å²) < 4.78 is 3.65. The van der Waals surface area contributed by atoms with Crippen LogP contribution in [0.2, 0.25) is 5.02 Å². The van der Waals surface area contributed by atoms with Gasteiger partial charge in [-0.2, -0.15) is 10.1 Å². The number of aromatic nitrogens is 4. The number of nitrogens with zero attached hydrogens (tertiary/aromatic N) is 4. The number of nitrogens with one attached hydrogen (secondary N) is 2. The SMILES string of the molecule is Cn1c(=O)[nH]c(=O)c2c1nc(N/N=C\c1cc(Br)ccc1O)n2Cc1ccc(Cl)cc1. The number of benzene rings is 2. The second-order valence-corrected chi connectivity index (χ2v) is 8.06. The molecular formula is C20H16BrClN6O3. The fourth-order valence-electron chi connectivity index (χ4n) is 3.03. The number of fused-ring (bicyclic) bond motifs is 1. The summed E-state index contributed by atoms with van der Waals surface area (Å²) in [6.45, 7) is 0.287. The first-order valence-electron chi connectivity index (χ1n) is 9.05. The van der Waals surface area contributed by atoms with Crippen LogP contribution in [-0.2, 0) is 13.6 Å². The van der Waals surface area contributed by atoms with Crippen molar-refractivity contribution in [2.75, 3.05) is 5.43 Å². The van der Waals surface area contributed by atoms with E-state index in [1.54, 1.807) is 28.8 Å². The van der Waals surface area contributed by atoms with Gasteiger partial charge in [0.15, 0.2) is 11.2 Å². The molecule has 4 rings (SSSR count). The lowest BCUT2D eigenvalue weighted by Gasteiger charge is -2.08. The summed E-state index contributed by atoms with van der Waals surface area (Å²) in [6.07, 6.45) is 1.43. The minimum atomic E-state index is -0.567. The molecule has 2 aromatic carbocycles. The number of hydrogen-bond donors (Lipinski definition) is 3. The van der Waals surface area contributed by atoms with E-state index in [-0.39, 0.29) is 29.4 Å². The number of hydrogen-bond acceptors (Lipinski definition) is 6. The predicted octanol–water partition coefficient (Wildman–Crippen LogP) is 3.04. The molecule has 4 aromatic rings. The average Bonchev–Trinajstić information content (AvgIpc) is 3.09. The number of imidazole rings is 1. The van der Waals surface area contributed by atoms with Gasteiger partial charge in [-0.3, -0.25) is 18.9 Å². The summed E-state index contributed by atoms with van der Waals surface area (Å²) in [5.41, 5.74) is 3.47. The second kappa shape index (κ2) is 8.40. The van der Waals surface area contributed by atoms with E-state index in [2.05, 4.69) is 36.4 Å². The van der Waals surface area contributed by atoms with E-state index in [9.17, 15) is 14.7 Å². The molecule has 0 aliphatic carbocycles. The Hall–Kier alpha value is -3.37. The number of H-pyrrole nitrogens is 1. The van der Waals surface area contributed by atoms with Gasteiger partial charge in [-0.25, -0.2) is 10.2 Å². The Bertz CT molecular complexity index is 1420. The minimum Gasteiger partial charge on any atom is -0.507 e. The third-order valence-electron chi connectivity index (χ3n) is 4.62. The maximum absolute atomic E-state index is 12.6. The molecule has 0 saturated carbocycles. The summed E-state index contributed by atoms with van der Waals surface area (Å²) in [6, 6.07) is 12.1. The number of aryl methyl sites for hydroxylation is 1. The topological polar surface area (TPSA) is 117 Å². The van der Waals surface area contributed by atoms with Crippen LogP contribution in [0, 0.1) is 0 Å². The van der Waals surface area contributed by atoms with Gasteiger partial charge in [0.1, 0.15) is 5.75 Å².